The van der Waals surface area contributed by atoms with Crippen molar-refractivity contribution in [3.05, 3.63) is 59.2 Å². The molecule has 8 heteroatoms. The van der Waals surface area contributed by atoms with Crippen LogP contribution in [0.5, 0.6) is 0 Å². The van der Waals surface area contributed by atoms with E-state index in [9.17, 15) is 13.2 Å². The summed E-state index contributed by atoms with van der Waals surface area (Å²) in [5, 5.41) is 5.76. The third-order valence-corrected chi connectivity index (χ3v) is 6.11. The van der Waals surface area contributed by atoms with Crippen molar-refractivity contribution in [2.45, 2.75) is 13.1 Å². The molecule has 0 atom stereocenters. The molecule has 4 heterocycles. The minimum Gasteiger partial charge on any atom is -0.273 e. The molecule has 4 aromatic heterocycles. The summed E-state index contributed by atoms with van der Waals surface area (Å²) in [6.07, 6.45) is -2.87. The Hall–Kier alpha value is -2.45. The van der Waals surface area contributed by atoms with Gasteiger partial charge in [0, 0.05) is 25.7 Å². The molecule has 26 heavy (non-hydrogen) atoms. The second-order valence-corrected chi connectivity index (χ2v) is 8.04. The first kappa shape index (κ1) is 17.0. The minimum atomic E-state index is -4.45. The van der Waals surface area contributed by atoms with Crippen LogP contribution in [0.3, 0.4) is 0 Å². The lowest BCUT2D eigenvalue weighted by Crippen LogP contribution is -2.04. The van der Waals surface area contributed by atoms with E-state index in [1.807, 2.05) is 17.2 Å². The minimum absolute atomic E-state index is 0.171. The van der Waals surface area contributed by atoms with Gasteiger partial charge in [-0.25, -0.2) is 0 Å². The van der Waals surface area contributed by atoms with Crippen molar-refractivity contribution < 1.29 is 13.2 Å². The number of aromatic amines is 1. The number of hydrogen-bond acceptors (Lipinski definition) is 4. The fourth-order valence-corrected chi connectivity index (χ4v) is 4.47. The van der Waals surface area contributed by atoms with E-state index in [0.29, 0.717) is 5.69 Å². The van der Waals surface area contributed by atoms with Crippen LogP contribution in [0, 0.1) is 6.92 Å². The molecule has 0 aliphatic heterocycles. The zero-order valence-corrected chi connectivity index (χ0v) is 15.1. The lowest BCUT2D eigenvalue weighted by molar-refractivity contribution is -0.141. The van der Waals surface area contributed by atoms with E-state index in [2.05, 4.69) is 35.2 Å². The molecule has 0 amide bonds. The first-order valence-corrected chi connectivity index (χ1v) is 9.29. The third-order valence-electron chi connectivity index (χ3n) is 3.78. The van der Waals surface area contributed by atoms with Gasteiger partial charge in [-0.2, -0.15) is 18.3 Å². The molecule has 1 N–H and O–H groups in total. The number of hydrogen-bond donors (Lipinski definition) is 1. The van der Waals surface area contributed by atoms with Gasteiger partial charge in [-0.3, -0.25) is 10.1 Å². The van der Waals surface area contributed by atoms with Gasteiger partial charge >= 0.3 is 6.18 Å². The first-order chi connectivity index (χ1) is 12.4. The van der Waals surface area contributed by atoms with Crippen LogP contribution in [0.1, 0.15) is 10.6 Å². The van der Waals surface area contributed by atoms with Crippen LogP contribution < -0.4 is 0 Å². The number of aromatic nitrogens is 3. The Morgan fingerprint density at radius 2 is 1.62 bits per heavy atom. The van der Waals surface area contributed by atoms with E-state index in [4.69, 9.17) is 0 Å². The quantitative estimate of drug-likeness (QED) is 0.448. The number of H-pyrrole nitrogens is 1. The second-order valence-electron chi connectivity index (χ2n) is 5.67. The van der Waals surface area contributed by atoms with Gasteiger partial charge in [0.05, 0.1) is 5.69 Å². The molecular weight excluding hydrogens is 379 g/mol. The highest BCUT2D eigenvalue weighted by molar-refractivity contribution is 7.23. The lowest BCUT2D eigenvalue weighted by atomic mass is 10.1. The number of rotatable bonds is 3. The van der Waals surface area contributed by atoms with Gasteiger partial charge in [0.1, 0.15) is 11.4 Å². The molecule has 0 spiro atoms. The molecule has 0 fully saturated rings. The zero-order valence-electron chi connectivity index (χ0n) is 13.5. The summed E-state index contributed by atoms with van der Waals surface area (Å²) in [6, 6.07) is 12.8. The van der Waals surface area contributed by atoms with Crippen LogP contribution in [0.4, 0.5) is 13.2 Å². The predicted octanol–water partition coefficient (Wildman–Crippen LogP) is 6.26. The number of nitrogens with one attached hydrogen (secondary N) is 1. The highest BCUT2D eigenvalue weighted by Gasteiger charge is 2.33. The smallest absolute Gasteiger partial charge is 0.273 e. The van der Waals surface area contributed by atoms with Gasteiger partial charge < -0.3 is 0 Å². The van der Waals surface area contributed by atoms with E-state index in [1.54, 1.807) is 34.9 Å². The maximum Gasteiger partial charge on any atom is 0.432 e. The van der Waals surface area contributed by atoms with Crippen LogP contribution in [-0.2, 0) is 6.18 Å². The largest absolute Gasteiger partial charge is 0.432 e. The van der Waals surface area contributed by atoms with Crippen molar-refractivity contribution in [3.63, 3.8) is 0 Å². The highest BCUT2D eigenvalue weighted by Crippen LogP contribution is 2.38. The molecule has 0 unspecified atom stereocenters. The lowest BCUT2D eigenvalue weighted by Gasteiger charge is -2.01. The number of halogens is 3. The van der Waals surface area contributed by atoms with Crippen molar-refractivity contribution in [2.24, 2.45) is 0 Å². The fourth-order valence-electron chi connectivity index (χ4n) is 2.51. The van der Waals surface area contributed by atoms with Gasteiger partial charge in [0.2, 0.25) is 0 Å². The zero-order chi connectivity index (χ0) is 18.3. The average molecular weight is 391 g/mol. The number of thiophene rings is 2. The molecule has 132 valence electrons. The number of aryl methyl sites for hydroxylation is 1. The van der Waals surface area contributed by atoms with Crippen LogP contribution in [-0.4, -0.2) is 15.2 Å². The van der Waals surface area contributed by atoms with E-state index in [1.165, 1.54) is 9.75 Å². The van der Waals surface area contributed by atoms with Crippen LogP contribution in [0.25, 0.3) is 31.6 Å². The Kier molecular flexibility index (Phi) is 4.16. The summed E-state index contributed by atoms with van der Waals surface area (Å²) in [6.45, 7) is 2.07. The Morgan fingerprint density at radius 1 is 0.885 bits per heavy atom. The SMILES string of the molecule is Cc1ccc(-c2ccc(-c3ccnc(-c4cc(C(F)(F)F)[nH]n4)c3)s2)s1. The summed E-state index contributed by atoms with van der Waals surface area (Å²) in [4.78, 5) is 8.80. The topological polar surface area (TPSA) is 41.6 Å². The van der Waals surface area contributed by atoms with Gasteiger partial charge in [0.25, 0.3) is 0 Å². The van der Waals surface area contributed by atoms with Crippen molar-refractivity contribution in [3.8, 4) is 31.6 Å². The normalized spacial score (nSPS) is 11.8. The van der Waals surface area contributed by atoms with Crippen molar-refractivity contribution in [1.82, 2.24) is 15.2 Å². The Labute approximate surface area is 155 Å². The summed E-state index contributed by atoms with van der Waals surface area (Å²) in [7, 11) is 0. The summed E-state index contributed by atoms with van der Waals surface area (Å²) in [5.74, 6) is 0. The monoisotopic (exact) mass is 391 g/mol. The Morgan fingerprint density at radius 3 is 2.31 bits per heavy atom. The van der Waals surface area contributed by atoms with Crippen LogP contribution >= 0.6 is 22.7 Å². The molecule has 4 aromatic rings. The van der Waals surface area contributed by atoms with Crippen LogP contribution in [0.2, 0.25) is 0 Å². The summed E-state index contributed by atoms with van der Waals surface area (Å²) >= 11 is 3.37. The molecule has 0 saturated carbocycles. The molecule has 0 aliphatic carbocycles. The molecule has 0 saturated heterocycles. The van der Waals surface area contributed by atoms with E-state index in [-0.39, 0.29) is 5.69 Å². The molecular formula is C18H12F3N3S2. The van der Waals surface area contributed by atoms with Gasteiger partial charge in [-0.1, -0.05) is 0 Å². The van der Waals surface area contributed by atoms with Crippen molar-refractivity contribution in [1.29, 1.82) is 0 Å². The van der Waals surface area contributed by atoms with E-state index < -0.39 is 11.9 Å². The Bertz CT molecular complexity index is 1060. The van der Waals surface area contributed by atoms with Crippen LogP contribution in [0.15, 0.2) is 48.7 Å². The van der Waals surface area contributed by atoms with Gasteiger partial charge in [-0.05, 0) is 55.0 Å². The number of pyridine rings is 1. The number of nitrogens with zero attached hydrogens (tertiary/aromatic N) is 2. The maximum atomic E-state index is 12.7. The maximum absolute atomic E-state index is 12.7. The molecule has 0 aliphatic rings. The molecule has 0 bridgehead atoms. The van der Waals surface area contributed by atoms with Gasteiger partial charge in [0.15, 0.2) is 0 Å². The fraction of sp³-hybridized carbons (Fsp3) is 0.111. The highest BCUT2D eigenvalue weighted by atomic mass is 32.1. The average Bonchev–Trinajstić information content (AvgIpc) is 3.34. The second kappa shape index (κ2) is 6.37. The molecule has 3 nitrogen and oxygen atoms in total. The third kappa shape index (κ3) is 3.30. The molecule has 0 aromatic carbocycles. The standard InChI is InChI=1S/C18H12F3N3S2/c1-10-2-3-15(25-10)16-5-4-14(26-16)11-6-7-22-12(8-11)13-9-17(24-23-13)18(19,20)21/h2-9H,1H3,(H,23,24). The van der Waals surface area contributed by atoms with E-state index in [0.717, 1.165) is 21.4 Å². The van der Waals surface area contributed by atoms with Gasteiger partial charge in [-0.15, -0.1) is 22.7 Å². The van der Waals surface area contributed by atoms with Crippen molar-refractivity contribution >= 4 is 22.7 Å². The summed E-state index contributed by atoms with van der Waals surface area (Å²) in [5.41, 5.74) is 0.586. The molecule has 4 rings (SSSR count). The van der Waals surface area contributed by atoms with E-state index >= 15 is 0 Å². The first-order valence-electron chi connectivity index (χ1n) is 7.66. The molecule has 0 radical (unpaired) electrons. The number of alkyl halides is 3. The summed E-state index contributed by atoms with van der Waals surface area (Å²) < 4.78 is 38.2. The Balaban J connectivity index is 1.66. The predicted molar refractivity (Wildman–Crippen MR) is 98.2 cm³/mol. The van der Waals surface area contributed by atoms with Crippen molar-refractivity contribution in [2.75, 3.05) is 0 Å².